The van der Waals surface area contributed by atoms with Gasteiger partial charge < -0.3 is 65.1 Å². The predicted octanol–water partition coefficient (Wildman–Crippen LogP) is 17.1. The number of nitrogens with one attached hydrogen (secondary N) is 1. The first kappa shape index (κ1) is 87.3. The number of aliphatic hydroxyl groups is 8. The topological polar surface area (TPSA) is 228 Å². The highest BCUT2D eigenvalue weighted by Gasteiger charge is 2.51. The maximum Gasteiger partial charge on any atom is 0.220 e. The summed E-state index contributed by atoms with van der Waals surface area (Å²) in [5.74, 6) is -0.204. The van der Waals surface area contributed by atoms with Gasteiger partial charge in [0.05, 0.1) is 32.0 Å². The number of carbonyl (C=O) groups is 1. The smallest absolute Gasteiger partial charge is 0.220 e. The van der Waals surface area contributed by atoms with Crippen LogP contribution in [-0.2, 0) is 23.7 Å². The molecule has 2 heterocycles. The summed E-state index contributed by atoms with van der Waals surface area (Å²) < 4.78 is 23.0. The van der Waals surface area contributed by atoms with Crippen molar-refractivity contribution in [3.63, 3.8) is 0 Å². The Morgan fingerprint density at radius 1 is 0.394 bits per heavy atom. The van der Waals surface area contributed by atoms with Gasteiger partial charge in [0.1, 0.15) is 48.8 Å². The Hall–Kier alpha value is -2.83. The van der Waals surface area contributed by atoms with E-state index in [1.54, 1.807) is 0 Å². The number of allylic oxidation sites excluding steroid dienone is 14. The van der Waals surface area contributed by atoms with Gasteiger partial charge in [0, 0.05) is 6.42 Å². The van der Waals surface area contributed by atoms with Crippen LogP contribution in [0.4, 0.5) is 0 Å². The molecule has 14 nitrogen and oxygen atoms in total. The van der Waals surface area contributed by atoms with E-state index in [2.05, 4.69) is 104 Å². The summed E-state index contributed by atoms with van der Waals surface area (Å²) in [7, 11) is 0. The van der Waals surface area contributed by atoms with Crippen LogP contribution in [-0.4, -0.2) is 140 Å². The van der Waals surface area contributed by atoms with Crippen LogP contribution in [0.1, 0.15) is 322 Å². The Balaban J connectivity index is 1.59. The van der Waals surface area contributed by atoms with E-state index in [4.69, 9.17) is 18.9 Å². The molecule has 2 aliphatic rings. The van der Waals surface area contributed by atoms with Crippen LogP contribution in [0.3, 0.4) is 0 Å². The molecule has 0 radical (unpaired) electrons. The van der Waals surface area contributed by atoms with E-state index in [9.17, 15) is 45.6 Å². The van der Waals surface area contributed by atoms with E-state index in [-0.39, 0.29) is 12.5 Å². The van der Waals surface area contributed by atoms with Crippen molar-refractivity contribution in [1.29, 1.82) is 0 Å². The van der Waals surface area contributed by atoms with E-state index in [0.29, 0.717) is 12.8 Å². The summed E-state index contributed by atoms with van der Waals surface area (Å²) >= 11 is 0. The summed E-state index contributed by atoms with van der Waals surface area (Å²) in [4.78, 5) is 13.4. The maximum absolute atomic E-state index is 13.4. The highest BCUT2D eigenvalue weighted by molar-refractivity contribution is 5.76. The normalized spacial score (nSPS) is 22.9. The molecule has 2 rings (SSSR count). The highest BCUT2D eigenvalue weighted by Crippen LogP contribution is 2.30. The van der Waals surface area contributed by atoms with Crippen LogP contribution in [0.25, 0.3) is 0 Å². The lowest BCUT2D eigenvalue weighted by molar-refractivity contribution is -0.359. The van der Waals surface area contributed by atoms with Crippen molar-refractivity contribution >= 4 is 5.91 Å². The predicted molar refractivity (Wildman–Crippen MR) is 387 cm³/mol. The molecule has 2 fully saturated rings. The fourth-order valence-corrected chi connectivity index (χ4v) is 12.5. The molecule has 12 unspecified atom stereocenters. The SMILES string of the molecule is CC/C=C\C/C=C\C/C=C\C/C=C\C/C=C\C/C=C\C/C=C\CCCCCCCCCCCCCCCCCCCC(=O)NC(COC1OC(CO)C(OC2OC(CO)C(O)C(O)C2O)C(O)C1O)C(O)CCCCCCCCCCCCCCCCCCCCCCC. The number of carbonyl (C=O) groups excluding carboxylic acids is 1. The number of aliphatic hydroxyl groups excluding tert-OH is 8. The van der Waals surface area contributed by atoms with Gasteiger partial charge in [-0.3, -0.25) is 4.79 Å². The first-order chi connectivity index (χ1) is 46.1. The third kappa shape index (κ3) is 46.4. The molecule has 1 amide bonds. The van der Waals surface area contributed by atoms with Crippen molar-refractivity contribution in [2.75, 3.05) is 19.8 Å². The first-order valence-corrected chi connectivity index (χ1v) is 38.8. The van der Waals surface area contributed by atoms with Crippen LogP contribution < -0.4 is 5.32 Å². The van der Waals surface area contributed by atoms with Gasteiger partial charge in [-0.25, -0.2) is 0 Å². The lowest BCUT2D eigenvalue weighted by Gasteiger charge is -2.46. The second kappa shape index (κ2) is 63.6. The lowest BCUT2D eigenvalue weighted by Crippen LogP contribution is -2.65. The Labute approximate surface area is 573 Å². The third-order valence-corrected chi connectivity index (χ3v) is 18.6. The number of unbranched alkanes of at least 4 members (excludes halogenated alkanes) is 37. The number of amides is 1. The second-order valence-corrected chi connectivity index (χ2v) is 27.1. The molecule has 546 valence electrons. The van der Waals surface area contributed by atoms with Crippen molar-refractivity contribution in [3.05, 3.63) is 85.1 Å². The lowest BCUT2D eigenvalue weighted by atomic mass is 9.97. The zero-order chi connectivity index (χ0) is 68.0. The largest absolute Gasteiger partial charge is 0.394 e. The molecule has 0 aromatic carbocycles. The molecule has 0 saturated carbocycles. The zero-order valence-electron chi connectivity index (χ0n) is 59.7. The number of rotatable bonds is 64. The summed E-state index contributed by atoms with van der Waals surface area (Å²) in [6.45, 7) is 2.79. The van der Waals surface area contributed by atoms with Crippen molar-refractivity contribution in [2.24, 2.45) is 0 Å². The minimum absolute atomic E-state index is 0.204. The number of hydrogen-bond donors (Lipinski definition) is 9. The van der Waals surface area contributed by atoms with Crippen LogP contribution in [0.2, 0.25) is 0 Å². The third-order valence-electron chi connectivity index (χ3n) is 18.6. The van der Waals surface area contributed by atoms with Gasteiger partial charge >= 0.3 is 0 Å². The molecule has 0 spiro atoms. The quantitative estimate of drug-likeness (QED) is 0.0204. The van der Waals surface area contributed by atoms with E-state index in [1.807, 2.05) is 0 Å². The van der Waals surface area contributed by atoms with Crippen molar-refractivity contribution in [1.82, 2.24) is 5.32 Å². The van der Waals surface area contributed by atoms with Gasteiger partial charge in [0.2, 0.25) is 5.91 Å². The molecule has 9 N–H and O–H groups in total. The van der Waals surface area contributed by atoms with Gasteiger partial charge in [-0.2, -0.15) is 0 Å². The molecular formula is C80H143NO13. The molecule has 94 heavy (non-hydrogen) atoms. The van der Waals surface area contributed by atoms with E-state index >= 15 is 0 Å². The van der Waals surface area contributed by atoms with Crippen molar-refractivity contribution in [3.8, 4) is 0 Å². The molecule has 14 heteroatoms. The zero-order valence-corrected chi connectivity index (χ0v) is 59.7. The van der Waals surface area contributed by atoms with Gasteiger partial charge in [-0.05, 0) is 70.6 Å². The van der Waals surface area contributed by atoms with E-state index in [1.165, 1.54) is 199 Å². The Bertz CT molecular complexity index is 1900. The van der Waals surface area contributed by atoms with Crippen LogP contribution in [0, 0.1) is 0 Å². The number of hydrogen-bond acceptors (Lipinski definition) is 13. The van der Waals surface area contributed by atoms with Crippen LogP contribution >= 0.6 is 0 Å². The molecular weight excluding hydrogens is 1180 g/mol. The highest BCUT2D eigenvalue weighted by atomic mass is 16.7. The Morgan fingerprint density at radius 2 is 0.734 bits per heavy atom. The van der Waals surface area contributed by atoms with Crippen LogP contribution in [0.15, 0.2) is 85.1 Å². The molecule has 0 aromatic heterocycles. The minimum atomic E-state index is -1.78. The van der Waals surface area contributed by atoms with Gasteiger partial charge in [-0.1, -0.05) is 330 Å². The van der Waals surface area contributed by atoms with Gasteiger partial charge in [0.15, 0.2) is 12.6 Å². The standard InChI is InChI=1S/C80H143NO13/c1-3-5-7-9-11-13-15-17-19-21-23-25-26-27-28-29-30-31-32-33-34-35-36-37-38-39-40-41-42-44-46-48-50-52-54-56-58-60-62-64-72(85)81-68(69(84)63-61-59-57-55-53-51-49-47-45-43-24-22-20-18-16-14-12-10-8-6-4-2)67-91-79-77(90)75(88)78(71(66-83)93-79)94-80-76(89)74(87)73(86)70(65-82)92-80/h5,7,11,13,17,19,23,25,27-28,30-31,33-34,68-71,73-80,82-84,86-90H,3-4,6,8-10,12,14-16,18,20-22,24,26,29,32,35-67H2,1-2H3,(H,81,85)/b7-5-,13-11-,19-17-,25-23-,28-27-,31-30-,34-33-. The van der Waals surface area contributed by atoms with Gasteiger partial charge in [0.25, 0.3) is 0 Å². The average Bonchev–Trinajstić information content (AvgIpc) is 0.794. The minimum Gasteiger partial charge on any atom is -0.394 e. The van der Waals surface area contributed by atoms with Crippen molar-refractivity contribution < 1.29 is 64.6 Å². The fourth-order valence-electron chi connectivity index (χ4n) is 12.5. The van der Waals surface area contributed by atoms with Crippen LogP contribution in [0.5, 0.6) is 0 Å². The van der Waals surface area contributed by atoms with E-state index < -0.39 is 86.8 Å². The summed E-state index contributed by atoms with van der Waals surface area (Å²) in [5.41, 5.74) is 0. The Kier molecular flexibility index (Phi) is 59.0. The summed E-state index contributed by atoms with van der Waals surface area (Å²) in [6, 6.07) is -0.832. The fraction of sp³-hybridized carbons (Fsp3) is 0.812. The molecule has 0 aliphatic carbocycles. The monoisotopic (exact) mass is 1330 g/mol. The van der Waals surface area contributed by atoms with Crippen molar-refractivity contribution in [2.45, 2.75) is 396 Å². The molecule has 12 atom stereocenters. The summed E-state index contributed by atoms with van der Waals surface area (Å²) in [5, 5.41) is 87.8. The first-order valence-electron chi connectivity index (χ1n) is 38.8. The van der Waals surface area contributed by atoms with E-state index in [0.717, 1.165) is 96.3 Å². The Morgan fingerprint density at radius 3 is 1.13 bits per heavy atom. The average molecular weight is 1330 g/mol. The molecule has 0 bridgehead atoms. The molecule has 2 aliphatic heterocycles. The molecule has 2 saturated heterocycles. The summed E-state index contributed by atoms with van der Waals surface area (Å²) in [6.07, 6.45) is 71.8. The van der Waals surface area contributed by atoms with Gasteiger partial charge in [-0.15, -0.1) is 0 Å². The number of ether oxygens (including phenoxy) is 4. The second-order valence-electron chi connectivity index (χ2n) is 27.1. The molecule has 0 aromatic rings. The maximum atomic E-state index is 13.4.